The van der Waals surface area contributed by atoms with Crippen LogP contribution in [-0.2, 0) is 34.0 Å². The van der Waals surface area contributed by atoms with Crippen molar-refractivity contribution in [2.24, 2.45) is 5.92 Å². The van der Waals surface area contributed by atoms with Crippen LogP contribution in [0.25, 0.3) is 0 Å². The van der Waals surface area contributed by atoms with Gasteiger partial charge >= 0.3 is 6.09 Å². The van der Waals surface area contributed by atoms with Crippen molar-refractivity contribution in [2.75, 3.05) is 13.7 Å². The predicted octanol–water partition coefficient (Wildman–Crippen LogP) is 0.386. The molecule has 3 rings (SSSR count). The predicted molar refractivity (Wildman–Crippen MR) is 91.8 cm³/mol. The minimum Gasteiger partial charge on any atom is -0.453 e. The normalized spacial score (nSPS) is 17.7. The Hall–Kier alpha value is -2.58. The number of amides is 3. The summed E-state index contributed by atoms with van der Waals surface area (Å²) in [6, 6.07) is 1.22. The van der Waals surface area contributed by atoms with E-state index in [0.29, 0.717) is 19.6 Å². The fourth-order valence-electron chi connectivity index (χ4n) is 3.15. The second-order valence-corrected chi connectivity index (χ2v) is 6.81. The number of hydrogen-bond acceptors (Lipinski definition) is 5. The number of methoxy groups -OCH3 is 1. The number of rotatable bonds is 5. The minimum atomic E-state index is -0.699. The van der Waals surface area contributed by atoms with Gasteiger partial charge in [0.25, 0.3) is 0 Å². The van der Waals surface area contributed by atoms with Crippen LogP contribution >= 0.6 is 0 Å². The van der Waals surface area contributed by atoms with Gasteiger partial charge in [0.05, 0.1) is 38.1 Å². The molecule has 1 aliphatic heterocycles. The molecule has 1 aliphatic carbocycles. The van der Waals surface area contributed by atoms with E-state index in [0.717, 1.165) is 30.7 Å². The van der Waals surface area contributed by atoms with Crippen LogP contribution in [0.5, 0.6) is 0 Å². The molecule has 1 atom stereocenters. The highest BCUT2D eigenvalue weighted by atomic mass is 16.5. The number of ether oxygens (including phenoxy) is 1. The first-order valence-electron chi connectivity index (χ1n) is 8.94. The van der Waals surface area contributed by atoms with E-state index < -0.39 is 12.1 Å². The van der Waals surface area contributed by atoms with Crippen LogP contribution < -0.4 is 10.6 Å². The average Bonchev–Trinajstić information content (AvgIpc) is 2.99. The fourth-order valence-corrected chi connectivity index (χ4v) is 3.15. The van der Waals surface area contributed by atoms with Gasteiger partial charge < -0.3 is 20.3 Å². The lowest BCUT2D eigenvalue weighted by molar-refractivity contribution is -0.139. The molecular weight excluding hydrogens is 338 g/mol. The summed E-state index contributed by atoms with van der Waals surface area (Å²) in [4.78, 5) is 37.4. The van der Waals surface area contributed by atoms with E-state index in [2.05, 4.69) is 20.5 Å². The summed E-state index contributed by atoms with van der Waals surface area (Å²) in [6.45, 7) is 3.76. The van der Waals surface area contributed by atoms with Gasteiger partial charge in [-0.3, -0.25) is 14.3 Å². The quantitative estimate of drug-likeness (QED) is 0.787. The lowest BCUT2D eigenvalue weighted by Crippen LogP contribution is -2.44. The Labute approximate surface area is 152 Å². The van der Waals surface area contributed by atoms with Gasteiger partial charge in [-0.2, -0.15) is 5.10 Å². The smallest absolute Gasteiger partial charge is 0.407 e. The number of nitrogens with one attached hydrogen (secondary N) is 2. The fraction of sp³-hybridized carbons (Fsp3) is 0.647. The van der Waals surface area contributed by atoms with Gasteiger partial charge in [-0.25, -0.2) is 4.79 Å². The van der Waals surface area contributed by atoms with Gasteiger partial charge in [-0.05, 0) is 25.8 Å². The third kappa shape index (κ3) is 3.97. The molecule has 0 bridgehead atoms. The molecular formula is C17H25N5O4. The molecule has 1 fully saturated rings. The molecule has 0 spiro atoms. The van der Waals surface area contributed by atoms with Gasteiger partial charge in [0, 0.05) is 12.5 Å². The van der Waals surface area contributed by atoms with Gasteiger partial charge in [0.2, 0.25) is 11.8 Å². The Bertz CT molecular complexity index is 697. The van der Waals surface area contributed by atoms with E-state index in [1.165, 1.54) is 7.11 Å². The number of aromatic nitrogens is 2. The number of carbonyl (C=O) groups excluding carboxylic acids is 3. The average molecular weight is 363 g/mol. The Morgan fingerprint density at radius 1 is 1.35 bits per heavy atom. The molecule has 1 aromatic heterocycles. The Morgan fingerprint density at radius 3 is 2.77 bits per heavy atom. The molecule has 2 aliphatic rings. The number of carbonyl (C=O) groups is 3. The van der Waals surface area contributed by atoms with E-state index in [9.17, 15) is 14.4 Å². The van der Waals surface area contributed by atoms with Gasteiger partial charge in [0.15, 0.2) is 0 Å². The zero-order valence-corrected chi connectivity index (χ0v) is 15.2. The van der Waals surface area contributed by atoms with Crippen LogP contribution in [0.3, 0.4) is 0 Å². The highest BCUT2D eigenvalue weighted by molar-refractivity contribution is 5.85. The molecule has 1 saturated carbocycles. The van der Waals surface area contributed by atoms with E-state index in [-0.39, 0.29) is 24.3 Å². The van der Waals surface area contributed by atoms with Crippen molar-refractivity contribution >= 4 is 17.9 Å². The highest BCUT2D eigenvalue weighted by Gasteiger charge is 2.31. The Kier molecular flexibility index (Phi) is 5.43. The Balaban J connectivity index is 1.52. The summed E-state index contributed by atoms with van der Waals surface area (Å²) in [5, 5.41) is 9.64. The van der Waals surface area contributed by atoms with Crippen LogP contribution in [0, 0.1) is 5.92 Å². The molecule has 26 heavy (non-hydrogen) atoms. The van der Waals surface area contributed by atoms with E-state index in [1.54, 1.807) is 6.92 Å². The van der Waals surface area contributed by atoms with Gasteiger partial charge in [-0.15, -0.1) is 0 Å². The second kappa shape index (κ2) is 7.76. The first-order chi connectivity index (χ1) is 12.5. The standard InChI is InChI=1S/C17H25N5O4/c1-11(19-17(25)26-2)15(23)18-9-13-8-14-10-21(6-7-22(14)20-13)16(24)12-4-3-5-12/h8,11-12H,3-7,9-10H2,1-2H3,(H,18,23)(H,19,25). The molecule has 142 valence electrons. The van der Waals surface area contributed by atoms with Crippen molar-refractivity contribution in [1.29, 1.82) is 0 Å². The minimum absolute atomic E-state index is 0.201. The number of hydrogen-bond donors (Lipinski definition) is 2. The van der Waals surface area contributed by atoms with Gasteiger partial charge in [-0.1, -0.05) is 6.42 Å². The lowest BCUT2D eigenvalue weighted by Gasteiger charge is -2.34. The summed E-state index contributed by atoms with van der Waals surface area (Å²) in [5.41, 5.74) is 1.71. The summed E-state index contributed by atoms with van der Waals surface area (Å²) < 4.78 is 6.36. The largest absolute Gasteiger partial charge is 0.453 e. The first-order valence-corrected chi connectivity index (χ1v) is 8.94. The van der Waals surface area contributed by atoms with Crippen LogP contribution in [-0.4, -0.2) is 52.3 Å². The molecule has 0 saturated heterocycles. The van der Waals surface area contributed by atoms with Crippen LogP contribution in [0.4, 0.5) is 4.79 Å². The maximum absolute atomic E-state index is 12.4. The summed E-state index contributed by atoms with van der Waals surface area (Å²) in [7, 11) is 1.24. The van der Waals surface area contributed by atoms with Crippen LogP contribution in [0.2, 0.25) is 0 Å². The SMILES string of the molecule is COC(=O)NC(C)C(=O)NCc1cc2n(n1)CCN(C(=O)C1CCC1)C2. The third-order valence-corrected chi connectivity index (χ3v) is 4.97. The molecule has 0 radical (unpaired) electrons. The first kappa shape index (κ1) is 18.2. The molecule has 2 heterocycles. The van der Waals surface area contributed by atoms with Crippen molar-refractivity contribution in [3.05, 3.63) is 17.5 Å². The van der Waals surface area contributed by atoms with Gasteiger partial charge in [0.1, 0.15) is 6.04 Å². The molecule has 3 amide bonds. The van der Waals surface area contributed by atoms with Crippen molar-refractivity contribution in [3.63, 3.8) is 0 Å². The summed E-state index contributed by atoms with van der Waals surface area (Å²) in [6.07, 6.45) is 2.50. The maximum Gasteiger partial charge on any atom is 0.407 e. The molecule has 1 unspecified atom stereocenters. The third-order valence-electron chi connectivity index (χ3n) is 4.97. The second-order valence-electron chi connectivity index (χ2n) is 6.81. The molecule has 0 aromatic carbocycles. The Morgan fingerprint density at radius 2 is 2.12 bits per heavy atom. The number of nitrogens with zero attached hydrogens (tertiary/aromatic N) is 3. The zero-order valence-electron chi connectivity index (χ0n) is 15.2. The topological polar surface area (TPSA) is 106 Å². The molecule has 1 aromatic rings. The molecule has 9 heteroatoms. The molecule has 9 nitrogen and oxygen atoms in total. The van der Waals surface area contributed by atoms with Crippen LogP contribution in [0.1, 0.15) is 37.6 Å². The molecule has 2 N–H and O–H groups in total. The van der Waals surface area contributed by atoms with Crippen molar-refractivity contribution in [2.45, 2.75) is 51.9 Å². The van der Waals surface area contributed by atoms with Crippen LogP contribution in [0.15, 0.2) is 6.07 Å². The summed E-state index contributed by atoms with van der Waals surface area (Å²) in [5.74, 6) is 0.136. The van der Waals surface area contributed by atoms with E-state index in [4.69, 9.17) is 0 Å². The highest BCUT2D eigenvalue weighted by Crippen LogP contribution is 2.29. The van der Waals surface area contributed by atoms with Crippen molar-refractivity contribution in [1.82, 2.24) is 25.3 Å². The monoisotopic (exact) mass is 363 g/mol. The van der Waals surface area contributed by atoms with E-state index >= 15 is 0 Å². The lowest BCUT2D eigenvalue weighted by atomic mass is 9.84. The summed E-state index contributed by atoms with van der Waals surface area (Å²) >= 11 is 0. The van der Waals surface area contributed by atoms with E-state index in [1.807, 2.05) is 15.6 Å². The number of fused-ring (bicyclic) bond motifs is 1. The van der Waals surface area contributed by atoms with Crippen molar-refractivity contribution in [3.8, 4) is 0 Å². The number of alkyl carbamates (subject to hydrolysis) is 1. The maximum atomic E-state index is 12.4. The zero-order chi connectivity index (χ0) is 18.7. The van der Waals surface area contributed by atoms with Crippen molar-refractivity contribution < 1.29 is 19.1 Å².